The Morgan fingerprint density at radius 2 is 1.68 bits per heavy atom. The summed E-state index contributed by atoms with van der Waals surface area (Å²) in [6.07, 6.45) is 0.783. The van der Waals surface area contributed by atoms with Crippen LogP contribution in [-0.2, 0) is 11.2 Å². The topological polar surface area (TPSA) is 65.5 Å². The molecule has 0 aliphatic heterocycles. The quantitative estimate of drug-likeness (QED) is 0.404. The first kappa shape index (κ1) is 17.9. The summed E-state index contributed by atoms with van der Waals surface area (Å²) in [5.74, 6) is 0.493. The molecule has 0 aliphatic rings. The van der Waals surface area contributed by atoms with Crippen LogP contribution in [0.15, 0.2) is 29.3 Å². The Labute approximate surface area is 131 Å². The highest BCUT2D eigenvalue weighted by Gasteiger charge is 2.05. The third-order valence-corrected chi connectivity index (χ3v) is 3.08. The Hall–Kier alpha value is -2.11. The lowest BCUT2D eigenvalue weighted by Crippen LogP contribution is -2.42. The molecular formula is C16H25FN4O. The highest BCUT2D eigenvalue weighted by atomic mass is 19.1. The van der Waals surface area contributed by atoms with Gasteiger partial charge in [-0.05, 0) is 24.1 Å². The van der Waals surface area contributed by atoms with Crippen molar-refractivity contribution in [2.75, 3.05) is 26.7 Å². The summed E-state index contributed by atoms with van der Waals surface area (Å²) in [6.45, 7) is 5.57. The van der Waals surface area contributed by atoms with E-state index >= 15 is 0 Å². The Morgan fingerprint density at radius 3 is 2.27 bits per heavy atom. The van der Waals surface area contributed by atoms with Crippen molar-refractivity contribution < 1.29 is 9.18 Å². The van der Waals surface area contributed by atoms with E-state index in [1.807, 2.05) is 13.8 Å². The second-order valence-electron chi connectivity index (χ2n) is 5.25. The average Bonchev–Trinajstić information content (AvgIpc) is 2.51. The number of guanidine groups is 1. The van der Waals surface area contributed by atoms with Crippen LogP contribution >= 0.6 is 0 Å². The number of hydrogen-bond donors (Lipinski definition) is 3. The van der Waals surface area contributed by atoms with E-state index in [0.717, 1.165) is 12.0 Å². The SMILES string of the molecule is CN=C(NCCNC(=O)C(C)C)NCCc1ccc(F)cc1. The van der Waals surface area contributed by atoms with Crippen LogP contribution in [0.1, 0.15) is 19.4 Å². The second kappa shape index (κ2) is 9.76. The molecule has 1 aromatic rings. The largest absolute Gasteiger partial charge is 0.356 e. The highest BCUT2D eigenvalue weighted by molar-refractivity contribution is 5.80. The molecule has 0 saturated carbocycles. The average molecular weight is 308 g/mol. The third-order valence-electron chi connectivity index (χ3n) is 3.08. The first-order valence-electron chi connectivity index (χ1n) is 7.49. The fraction of sp³-hybridized carbons (Fsp3) is 0.500. The molecule has 0 heterocycles. The molecule has 1 aromatic carbocycles. The highest BCUT2D eigenvalue weighted by Crippen LogP contribution is 2.02. The summed E-state index contributed by atoms with van der Waals surface area (Å²) in [6, 6.07) is 6.46. The normalized spacial score (nSPS) is 11.4. The van der Waals surface area contributed by atoms with Gasteiger partial charge in [-0.15, -0.1) is 0 Å². The van der Waals surface area contributed by atoms with Crippen molar-refractivity contribution in [3.05, 3.63) is 35.6 Å². The predicted molar refractivity (Wildman–Crippen MR) is 87.3 cm³/mol. The Balaban J connectivity index is 2.20. The number of rotatable bonds is 7. The van der Waals surface area contributed by atoms with Crippen LogP contribution in [0.2, 0.25) is 0 Å². The lowest BCUT2D eigenvalue weighted by molar-refractivity contribution is -0.123. The van der Waals surface area contributed by atoms with Gasteiger partial charge in [-0.25, -0.2) is 4.39 Å². The van der Waals surface area contributed by atoms with Crippen LogP contribution in [0.25, 0.3) is 0 Å². The molecule has 3 N–H and O–H groups in total. The summed E-state index contributed by atoms with van der Waals surface area (Å²) >= 11 is 0. The van der Waals surface area contributed by atoms with E-state index in [0.29, 0.717) is 25.6 Å². The molecule has 122 valence electrons. The van der Waals surface area contributed by atoms with Gasteiger partial charge >= 0.3 is 0 Å². The molecule has 1 amide bonds. The number of aliphatic imine (C=N–C) groups is 1. The van der Waals surface area contributed by atoms with Gasteiger partial charge in [-0.3, -0.25) is 9.79 Å². The summed E-state index contributed by atoms with van der Waals surface area (Å²) in [7, 11) is 1.69. The molecule has 0 unspecified atom stereocenters. The summed E-state index contributed by atoms with van der Waals surface area (Å²) < 4.78 is 12.8. The molecule has 0 atom stereocenters. The van der Waals surface area contributed by atoms with Gasteiger partial charge in [0.15, 0.2) is 5.96 Å². The van der Waals surface area contributed by atoms with Crippen molar-refractivity contribution in [1.29, 1.82) is 0 Å². The van der Waals surface area contributed by atoms with E-state index in [4.69, 9.17) is 0 Å². The molecule has 0 aliphatic carbocycles. The van der Waals surface area contributed by atoms with Crippen molar-refractivity contribution in [2.24, 2.45) is 10.9 Å². The van der Waals surface area contributed by atoms with Crippen molar-refractivity contribution in [2.45, 2.75) is 20.3 Å². The second-order valence-corrected chi connectivity index (χ2v) is 5.25. The lowest BCUT2D eigenvalue weighted by atomic mass is 10.1. The summed E-state index contributed by atoms with van der Waals surface area (Å²) in [5, 5.41) is 9.13. The molecule has 0 bridgehead atoms. The predicted octanol–water partition coefficient (Wildman–Crippen LogP) is 1.31. The standard InChI is InChI=1S/C16H25FN4O/c1-12(2)15(22)19-10-11-21-16(18-3)20-9-8-13-4-6-14(17)7-5-13/h4-7,12H,8-11H2,1-3H3,(H,19,22)(H2,18,20,21). The maximum atomic E-state index is 12.8. The number of hydrogen-bond acceptors (Lipinski definition) is 2. The van der Waals surface area contributed by atoms with E-state index in [9.17, 15) is 9.18 Å². The van der Waals surface area contributed by atoms with Gasteiger partial charge in [0.2, 0.25) is 5.91 Å². The lowest BCUT2D eigenvalue weighted by Gasteiger charge is -2.13. The molecule has 0 fully saturated rings. The van der Waals surface area contributed by atoms with Crippen LogP contribution < -0.4 is 16.0 Å². The first-order valence-corrected chi connectivity index (χ1v) is 7.49. The molecule has 0 aromatic heterocycles. The van der Waals surface area contributed by atoms with Crippen LogP contribution in [0, 0.1) is 11.7 Å². The molecule has 0 radical (unpaired) electrons. The summed E-state index contributed by atoms with van der Waals surface area (Å²) in [4.78, 5) is 15.5. The molecule has 0 spiro atoms. The number of nitrogens with one attached hydrogen (secondary N) is 3. The van der Waals surface area contributed by atoms with Gasteiger partial charge in [-0.2, -0.15) is 0 Å². The van der Waals surface area contributed by atoms with Gasteiger partial charge in [0.25, 0.3) is 0 Å². The zero-order valence-corrected chi connectivity index (χ0v) is 13.4. The number of halogens is 1. The van der Waals surface area contributed by atoms with Gasteiger partial charge in [0.1, 0.15) is 5.82 Å². The van der Waals surface area contributed by atoms with Crippen molar-refractivity contribution >= 4 is 11.9 Å². The van der Waals surface area contributed by atoms with Crippen molar-refractivity contribution in [3.63, 3.8) is 0 Å². The fourth-order valence-electron chi connectivity index (χ4n) is 1.77. The van der Waals surface area contributed by atoms with E-state index in [1.165, 1.54) is 12.1 Å². The number of benzene rings is 1. The number of nitrogens with zero attached hydrogens (tertiary/aromatic N) is 1. The molecule has 6 heteroatoms. The van der Waals surface area contributed by atoms with Crippen LogP contribution in [0.5, 0.6) is 0 Å². The van der Waals surface area contributed by atoms with Crippen LogP contribution in [-0.4, -0.2) is 38.5 Å². The van der Waals surface area contributed by atoms with Crippen LogP contribution in [0.4, 0.5) is 4.39 Å². The van der Waals surface area contributed by atoms with Crippen LogP contribution in [0.3, 0.4) is 0 Å². The monoisotopic (exact) mass is 308 g/mol. The minimum atomic E-state index is -0.224. The zero-order chi connectivity index (χ0) is 16.4. The Morgan fingerprint density at radius 1 is 1.09 bits per heavy atom. The Kier molecular flexibility index (Phi) is 7.96. The number of carbonyl (C=O) groups excluding carboxylic acids is 1. The summed E-state index contributed by atoms with van der Waals surface area (Å²) in [5.41, 5.74) is 1.06. The Bertz CT molecular complexity index is 485. The molecule has 22 heavy (non-hydrogen) atoms. The van der Waals surface area contributed by atoms with Gasteiger partial charge in [0, 0.05) is 32.6 Å². The number of carbonyl (C=O) groups is 1. The molecule has 0 saturated heterocycles. The van der Waals surface area contributed by atoms with E-state index < -0.39 is 0 Å². The first-order chi connectivity index (χ1) is 10.5. The van der Waals surface area contributed by atoms with Gasteiger partial charge in [-0.1, -0.05) is 26.0 Å². The fourth-order valence-corrected chi connectivity index (χ4v) is 1.77. The molecule has 1 rings (SSSR count). The van der Waals surface area contributed by atoms with E-state index in [1.54, 1.807) is 19.2 Å². The maximum Gasteiger partial charge on any atom is 0.222 e. The minimum absolute atomic E-state index is 0.00635. The molecule has 5 nitrogen and oxygen atoms in total. The van der Waals surface area contributed by atoms with Gasteiger partial charge in [0.05, 0.1) is 0 Å². The smallest absolute Gasteiger partial charge is 0.222 e. The van der Waals surface area contributed by atoms with E-state index in [2.05, 4.69) is 20.9 Å². The van der Waals surface area contributed by atoms with Gasteiger partial charge < -0.3 is 16.0 Å². The maximum absolute atomic E-state index is 12.8. The number of amides is 1. The zero-order valence-electron chi connectivity index (χ0n) is 13.4. The van der Waals surface area contributed by atoms with Crippen molar-refractivity contribution in [3.8, 4) is 0 Å². The van der Waals surface area contributed by atoms with Crippen molar-refractivity contribution in [1.82, 2.24) is 16.0 Å². The molecular weight excluding hydrogens is 283 g/mol. The minimum Gasteiger partial charge on any atom is -0.356 e. The van der Waals surface area contributed by atoms with E-state index in [-0.39, 0.29) is 17.6 Å². The third kappa shape index (κ3) is 7.06.